The monoisotopic (exact) mass is 126 g/mol. The molecule has 52 valence electrons. The fourth-order valence-corrected chi connectivity index (χ4v) is 1.57. The van der Waals surface area contributed by atoms with Crippen LogP contribution in [0.2, 0.25) is 12.1 Å². The molecule has 0 aromatic rings. The average molecular weight is 126 g/mol. The predicted molar refractivity (Wildman–Crippen MR) is 40.8 cm³/mol. The Morgan fingerprint density at radius 3 is 2.89 bits per heavy atom. The second-order valence-corrected chi connectivity index (χ2v) is 2.90. The Balaban J connectivity index is 2.22. The largest absolute Gasteiger partial charge is 0.436 e. The zero-order chi connectivity index (χ0) is 6.69. The molecule has 0 aliphatic carbocycles. The van der Waals surface area contributed by atoms with Crippen molar-refractivity contribution in [3.63, 3.8) is 0 Å². The fraction of sp³-hybridized carbons (Fsp3) is 1.00. The molecule has 0 bridgehead atoms. The third-order valence-electron chi connectivity index (χ3n) is 2.16. The van der Waals surface area contributed by atoms with Crippen LogP contribution in [0.25, 0.3) is 0 Å². The van der Waals surface area contributed by atoms with Gasteiger partial charge in [0, 0.05) is 6.61 Å². The van der Waals surface area contributed by atoms with E-state index in [0.29, 0.717) is 6.92 Å². The smallest absolute Gasteiger partial charge is 0.295 e. The molecule has 1 heterocycles. The van der Waals surface area contributed by atoms with Crippen LogP contribution in [-0.2, 0) is 4.65 Å². The lowest BCUT2D eigenvalue weighted by Gasteiger charge is -2.09. The van der Waals surface area contributed by atoms with E-state index in [4.69, 9.17) is 4.65 Å². The maximum Gasteiger partial charge on any atom is 0.295 e. The van der Waals surface area contributed by atoms with E-state index >= 15 is 0 Å². The Hall–Kier alpha value is 0.0249. The van der Waals surface area contributed by atoms with E-state index < -0.39 is 0 Å². The van der Waals surface area contributed by atoms with Crippen LogP contribution < -0.4 is 0 Å². The van der Waals surface area contributed by atoms with Gasteiger partial charge in [-0.1, -0.05) is 19.8 Å². The molecule has 1 aliphatic heterocycles. The first kappa shape index (κ1) is 7.14. The lowest BCUT2D eigenvalue weighted by molar-refractivity contribution is 0.340. The first-order chi connectivity index (χ1) is 4.34. The van der Waals surface area contributed by atoms with Crippen LogP contribution in [0, 0.1) is 0 Å². The molecule has 0 N–H and O–H groups in total. The highest BCUT2D eigenvalue weighted by atomic mass is 16.4. The molecular formula is C7H15BO. The van der Waals surface area contributed by atoms with E-state index in [2.05, 4.69) is 13.8 Å². The van der Waals surface area contributed by atoms with Gasteiger partial charge < -0.3 is 4.65 Å². The molecule has 2 heteroatoms. The van der Waals surface area contributed by atoms with Crippen LogP contribution in [0.3, 0.4) is 0 Å². The second kappa shape index (κ2) is 3.26. The van der Waals surface area contributed by atoms with Gasteiger partial charge in [0.25, 0.3) is 6.92 Å². The summed E-state index contributed by atoms with van der Waals surface area (Å²) in [6, 6.07) is 0. The summed E-state index contributed by atoms with van der Waals surface area (Å²) in [6.07, 6.45) is 4.02. The van der Waals surface area contributed by atoms with Crippen molar-refractivity contribution < 1.29 is 4.65 Å². The van der Waals surface area contributed by atoms with Gasteiger partial charge in [-0.3, -0.25) is 0 Å². The molecule has 1 unspecified atom stereocenters. The minimum Gasteiger partial charge on any atom is -0.436 e. The van der Waals surface area contributed by atoms with E-state index in [9.17, 15) is 0 Å². The third kappa shape index (κ3) is 1.72. The molecule has 1 atom stereocenters. The Morgan fingerprint density at radius 2 is 2.44 bits per heavy atom. The van der Waals surface area contributed by atoms with E-state index in [-0.39, 0.29) is 0 Å². The van der Waals surface area contributed by atoms with Crippen molar-refractivity contribution in [2.75, 3.05) is 6.61 Å². The molecule has 0 spiro atoms. The van der Waals surface area contributed by atoms with Gasteiger partial charge in [-0.2, -0.15) is 0 Å². The molecule has 1 fully saturated rings. The molecule has 0 aromatic heterocycles. The van der Waals surface area contributed by atoms with Gasteiger partial charge in [0.05, 0.1) is 0 Å². The maximum absolute atomic E-state index is 5.52. The van der Waals surface area contributed by atoms with E-state index in [1.165, 1.54) is 19.2 Å². The molecule has 1 saturated heterocycles. The summed E-state index contributed by atoms with van der Waals surface area (Å²) in [5.41, 5.74) is 0. The van der Waals surface area contributed by atoms with Crippen molar-refractivity contribution in [1.29, 1.82) is 0 Å². The highest BCUT2D eigenvalue weighted by molar-refractivity contribution is 6.54. The van der Waals surface area contributed by atoms with Gasteiger partial charge in [-0.05, 0) is 19.1 Å². The third-order valence-corrected chi connectivity index (χ3v) is 2.16. The summed E-state index contributed by atoms with van der Waals surface area (Å²) >= 11 is 0. The van der Waals surface area contributed by atoms with Crippen LogP contribution in [0.15, 0.2) is 0 Å². The lowest BCUT2D eigenvalue weighted by Crippen LogP contribution is -2.17. The summed E-state index contributed by atoms with van der Waals surface area (Å²) in [5, 5.41) is 0. The summed E-state index contributed by atoms with van der Waals surface area (Å²) in [5.74, 6) is 0.810. The van der Waals surface area contributed by atoms with Gasteiger partial charge in [0.2, 0.25) is 0 Å². The molecule has 1 rings (SSSR count). The van der Waals surface area contributed by atoms with Crippen molar-refractivity contribution in [2.45, 2.75) is 38.8 Å². The number of hydrogen-bond acceptors (Lipinski definition) is 1. The topological polar surface area (TPSA) is 9.23 Å². The Labute approximate surface area is 57.9 Å². The van der Waals surface area contributed by atoms with Crippen molar-refractivity contribution in [3.8, 4) is 0 Å². The molecule has 0 saturated carbocycles. The summed E-state index contributed by atoms with van der Waals surface area (Å²) in [7, 11) is 0. The minimum absolute atomic E-state index is 0.579. The van der Waals surface area contributed by atoms with Crippen molar-refractivity contribution in [2.24, 2.45) is 0 Å². The normalized spacial score (nSPS) is 27.3. The standard InChI is InChI=1S/C7H15BO/c1-3-9-8-6-4-5-7(8)2/h7H,3-6H2,1-2H3. The first-order valence-electron chi connectivity index (χ1n) is 3.96. The molecule has 1 nitrogen and oxygen atoms in total. The Bertz CT molecular complexity index is 85.0. The zero-order valence-corrected chi connectivity index (χ0v) is 6.39. The molecule has 9 heavy (non-hydrogen) atoms. The molecular weight excluding hydrogens is 111 g/mol. The van der Waals surface area contributed by atoms with E-state index in [0.717, 1.165) is 12.4 Å². The first-order valence-corrected chi connectivity index (χ1v) is 3.96. The highest BCUT2D eigenvalue weighted by Crippen LogP contribution is 2.30. The summed E-state index contributed by atoms with van der Waals surface area (Å²) in [6.45, 7) is 5.82. The van der Waals surface area contributed by atoms with E-state index in [1.807, 2.05) is 0 Å². The van der Waals surface area contributed by atoms with Crippen molar-refractivity contribution in [1.82, 2.24) is 0 Å². The maximum atomic E-state index is 5.52. The molecule has 0 aromatic carbocycles. The van der Waals surface area contributed by atoms with E-state index in [1.54, 1.807) is 0 Å². The molecule has 1 aliphatic rings. The zero-order valence-electron chi connectivity index (χ0n) is 6.39. The van der Waals surface area contributed by atoms with Crippen molar-refractivity contribution >= 4 is 6.92 Å². The van der Waals surface area contributed by atoms with Gasteiger partial charge in [0.1, 0.15) is 0 Å². The SMILES string of the molecule is CCOB1CCCC1C. The van der Waals surface area contributed by atoms with Crippen LogP contribution in [0.5, 0.6) is 0 Å². The lowest BCUT2D eigenvalue weighted by atomic mass is 9.59. The number of hydrogen-bond donors (Lipinski definition) is 0. The minimum atomic E-state index is 0.579. The van der Waals surface area contributed by atoms with Crippen LogP contribution >= 0.6 is 0 Å². The summed E-state index contributed by atoms with van der Waals surface area (Å²) in [4.78, 5) is 0. The molecule has 0 radical (unpaired) electrons. The van der Waals surface area contributed by atoms with Crippen LogP contribution in [0.4, 0.5) is 0 Å². The van der Waals surface area contributed by atoms with Crippen LogP contribution in [-0.4, -0.2) is 13.5 Å². The second-order valence-electron chi connectivity index (χ2n) is 2.90. The van der Waals surface area contributed by atoms with Gasteiger partial charge >= 0.3 is 0 Å². The van der Waals surface area contributed by atoms with Crippen LogP contribution in [0.1, 0.15) is 26.7 Å². The highest BCUT2D eigenvalue weighted by Gasteiger charge is 2.28. The predicted octanol–water partition coefficient (Wildman–Crippen LogP) is 2.20. The fourth-order valence-electron chi connectivity index (χ4n) is 1.57. The Kier molecular flexibility index (Phi) is 2.58. The average Bonchev–Trinajstić information content (AvgIpc) is 2.18. The summed E-state index contributed by atoms with van der Waals surface area (Å²) < 4.78 is 5.52. The van der Waals surface area contributed by atoms with Crippen molar-refractivity contribution in [3.05, 3.63) is 0 Å². The molecule has 0 amide bonds. The quantitative estimate of drug-likeness (QED) is 0.515. The van der Waals surface area contributed by atoms with Gasteiger partial charge in [-0.15, -0.1) is 0 Å². The van der Waals surface area contributed by atoms with Gasteiger partial charge in [-0.25, -0.2) is 0 Å². The number of rotatable bonds is 2. The van der Waals surface area contributed by atoms with Gasteiger partial charge in [0.15, 0.2) is 0 Å². The Morgan fingerprint density at radius 1 is 1.67 bits per heavy atom.